The Morgan fingerprint density at radius 1 is 1.29 bits per heavy atom. The second kappa shape index (κ2) is 7.96. The highest BCUT2D eigenvalue weighted by Crippen LogP contribution is 2.17. The zero-order valence-corrected chi connectivity index (χ0v) is 12.8. The summed E-state index contributed by atoms with van der Waals surface area (Å²) < 4.78 is 24.0. The van der Waals surface area contributed by atoms with E-state index in [9.17, 15) is 13.2 Å². The number of carbonyl (C=O) groups excluding carboxylic acids is 1. The second-order valence-corrected chi connectivity index (χ2v) is 6.29. The van der Waals surface area contributed by atoms with Crippen molar-refractivity contribution in [2.24, 2.45) is 16.8 Å². The number of anilines is 2. The fourth-order valence-corrected chi connectivity index (χ4v) is 2.31. The highest BCUT2D eigenvalue weighted by atomic mass is 32.2. The average Bonchev–Trinajstić information content (AvgIpc) is 2.35. The number of nitrogens with one attached hydrogen (secondary N) is 2. The quantitative estimate of drug-likeness (QED) is 0.571. The van der Waals surface area contributed by atoms with Crippen molar-refractivity contribution in [3.8, 4) is 0 Å². The molecule has 0 saturated heterocycles. The van der Waals surface area contributed by atoms with Crippen LogP contribution < -0.4 is 20.9 Å². The number of carbonyl (C=O) groups is 1. The molecule has 0 radical (unpaired) electrons. The Balaban J connectivity index is 2.54. The molecule has 1 atom stereocenters. The molecule has 0 heterocycles. The van der Waals surface area contributed by atoms with Gasteiger partial charge in [0.25, 0.3) is 10.2 Å². The van der Waals surface area contributed by atoms with E-state index in [0.29, 0.717) is 30.3 Å². The van der Waals surface area contributed by atoms with E-state index >= 15 is 0 Å². The van der Waals surface area contributed by atoms with Gasteiger partial charge in [0, 0.05) is 12.1 Å². The van der Waals surface area contributed by atoms with Crippen molar-refractivity contribution in [1.29, 1.82) is 0 Å². The van der Waals surface area contributed by atoms with Gasteiger partial charge in [-0.05, 0) is 43.5 Å². The van der Waals surface area contributed by atoms with Crippen LogP contribution in [0.5, 0.6) is 0 Å². The summed E-state index contributed by atoms with van der Waals surface area (Å²) >= 11 is 0. The van der Waals surface area contributed by atoms with Crippen LogP contribution in [0.25, 0.3) is 0 Å². The molecule has 6 N–H and O–H groups in total. The Hall–Kier alpha value is -1.64. The molecular formula is C13H22N4O3S. The number of rotatable bonds is 8. The van der Waals surface area contributed by atoms with E-state index in [1.807, 2.05) is 0 Å². The van der Waals surface area contributed by atoms with Gasteiger partial charge < -0.3 is 11.1 Å². The van der Waals surface area contributed by atoms with Crippen LogP contribution in [0.2, 0.25) is 0 Å². The van der Waals surface area contributed by atoms with Crippen molar-refractivity contribution < 1.29 is 13.2 Å². The van der Waals surface area contributed by atoms with Crippen LogP contribution in [0.4, 0.5) is 11.4 Å². The van der Waals surface area contributed by atoms with Crippen molar-refractivity contribution in [3.05, 3.63) is 24.3 Å². The first kappa shape index (κ1) is 17.4. The molecule has 0 aliphatic rings. The standard InChI is InChI=1S/C13H22N4O3S/c1-10(7-8-14)5-6-13(18)16-11-3-2-4-12(9-11)17-21(15,19)20/h2-4,9-10,17H,5-8,14H2,1H3,(H,16,18)(H2,15,19,20). The molecule has 1 amide bonds. The van der Waals surface area contributed by atoms with E-state index in [2.05, 4.69) is 17.0 Å². The molecule has 0 bridgehead atoms. The monoisotopic (exact) mass is 314 g/mol. The van der Waals surface area contributed by atoms with Gasteiger partial charge in [-0.1, -0.05) is 13.0 Å². The lowest BCUT2D eigenvalue weighted by molar-refractivity contribution is -0.116. The molecule has 8 heteroatoms. The molecule has 1 unspecified atom stereocenters. The molecule has 0 spiro atoms. The maximum Gasteiger partial charge on any atom is 0.296 e. The molecule has 0 aliphatic heterocycles. The molecule has 1 aromatic carbocycles. The van der Waals surface area contributed by atoms with Gasteiger partial charge in [0.15, 0.2) is 0 Å². The number of nitrogens with two attached hydrogens (primary N) is 2. The average molecular weight is 314 g/mol. The van der Waals surface area contributed by atoms with Crippen LogP contribution in [-0.4, -0.2) is 20.9 Å². The minimum atomic E-state index is -3.82. The number of hydrogen-bond donors (Lipinski definition) is 4. The lowest BCUT2D eigenvalue weighted by Crippen LogP contribution is -2.21. The minimum absolute atomic E-state index is 0.119. The topological polar surface area (TPSA) is 127 Å². The molecule has 0 saturated carbocycles. The van der Waals surface area contributed by atoms with Crippen LogP contribution >= 0.6 is 0 Å². The molecule has 0 fully saturated rings. The number of benzene rings is 1. The highest BCUT2D eigenvalue weighted by Gasteiger charge is 2.08. The van der Waals surface area contributed by atoms with Crippen molar-refractivity contribution in [2.75, 3.05) is 16.6 Å². The summed E-state index contributed by atoms with van der Waals surface area (Å²) in [5.41, 5.74) is 6.27. The smallest absolute Gasteiger partial charge is 0.296 e. The Labute approximate surface area is 125 Å². The molecule has 0 aliphatic carbocycles. The maximum atomic E-state index is 11.8. The van der Waals surface area contributed by atoms with Crippen LogP contribution in [0.1, 0.15) is 26.2 Å². The molecule has 21 heavy (non-hydrogen) atoms. The third-order valence-electron chi connectivity index (χ3n) is 2.93. The zero-order valence-electron chi connectivity index (χ0n) is 12.0. The second-order valence-electron chi connectivity index (χ2n) is 5.00. The third-order valence-corrected chi connectivity index (χ3v) is 3.45. The largest absolute Gasteiger partial charge is 0.330 e. The van der Waals surface area contributed by atoms with Crippen LogP contribution in [-0.2, 0) is 15.0 Å². The van der Waals surface area contributed by atoms with E-state index < -0.39 is 10.2 Å². The van der Waals surface area contributed by atoms with Gasteiger partial charge >= 0.3 is 0 Å². The fourth-order valence-electron chi connectivity index (χ4n) is 1.85. The highest BCUT2D eigenvalue weighted by molar-refractivity contribution is 7.90. The molecule has 7 nitrogen and oxygen atoms in total. The van der Waals surface area contributed by atoms with Gasteiger partial charge in [0.2, 0.25) is 5.91 Å². The molecule has 1 rings (SSSR count). The van der Waals surface area contributed by atoms with E-state index in [0.717, 1.165) is 12.8 Å². The first-order valence-electron chi connectivity index (χ1n) is 6.70. The third kappa shape index (κ3) is 7.64. The summed E-state index contributed by atoms with van der Waals surface area (Å²) in [6.07, 6.45) is 2.05. The Morgan fingerprint density at radius 2 is 1.95 bits per heavy atom. The normalized spacial score (nSPS) is 12.7. The summed E-state index contributed by atoms with van der Waals surface area (Å²) in [6.45, 7) is 2.67. The predicted molar refractivity (Wildman–Crippen MR) is 83.9 cm³/mol. The van der Waals surface area contributed by atoms with Crippen LogP contribution in [0.3, 0.4) is 0 Å². The summed E-state index contributed by atoms with van der Waals surface area (Å²) in [5, 5.41) is 7.61. The van der Waals surface area contributed by atoms with Crippen molar-refractivity contribution >= 4 is 27.5 Å². The first-order chi connectivity index (χ1) is 9.80. The molecular weight excluding hydrogens is 292 g/mol. The van der Waals surface area contributed by atoms with Gasteiger partial charge in [0.1, 0.15) is 0 Å². The SMILES string of the molecule is CC(CCN)CCC(=O)Nc1cccc(NS(N)(=O)=O)c1. The fraction of sp³-hybridized carbons (Fsp3) is 0.462. The van der Waals surface area contributed by atoms with E-state index in [4.69, 9.17) is 10.9 Å². The van der Waals surface area contributed by atoms with Gasteiger partial charge in [0.05, 0.1) is 5.69 Å². The van der Waals surface area contributed by atoms with Gasteiger partial charge in [-0.2, -0.15) is 8.42 Å². The lowest BCUT2D eigenvalue weighted by Gasteiger charge is -2.11. The molecule has 118 valence electrons. The van der Waals surface area contributed by atoms with Gasteiger partial charge in [-0.15, -0.1) is 0 Å². The molecule has 1 aromatic rings. The summed E-state index contributed by atoms with van der Waals surface area (Å²) in [5.74, 6) is 0.280. The van der Waals surface area contributed by atoms with Crippen molar-refractivity contribution in [1.82, 2.24) is 0 Å². The van der Waals surface area contributed by atoms with Crippen LogP contribution in [0, 0.1) is 5.92 Å². The summed E-state index contributed by atoms with van der Waals surface area (Å²) in [6, 6.07) is 6.35. The van der Waals surface area contributed by atoms with Gasteiger partial charge in [-0.3, -0.25) is 9.52 Å². The Kier molecular flexibility index (Phi) is 6.60. The Morgan fingerprint density at radius 3 is 2.57 bits per heavy atom. The van der Waals surface area contributed by atoms with Crippen molar-refractivity contribution in [3.63, 3.8) is 0 Å². The van der Waals surface area contributed by atoms with Gasteiger partial charge in [-0.25, -0.2) is 5.14 Å². The summed E-state index contributed by atoms with van der Waals surface area (Å²) in [4.78, 5) is 11.8. The maximum absolute atomic E-state index is 11.8. The van der Waals surface area contributed by atoms with Crippen molar-refractivity contribution in [2.45, 2.75) is 26.2 Å². The first-order valence-corrected chi connectivity index (χ1v) is 8.25. The summed E-state index contributed by atoms with van der Waals surface area (Å²) in [7, 11) is -3.82. The number of hydrogen-bond acceptors (Lipinski definition) is 4. The Bertz CT molecular complexity index is 575. The lowest BCUT2D eigenvalue weighted by atomic mass is 10.0. The van der Waals surface area contributed by atoms with E-state index in [1.165, 1.54) is 6.07 Å². The minimum Gasteiger partial charge on any atom is -0.330 e. The van der Waals surface area contributed by atoms with E-state index in [-0.39, 0.29) is 5.91 Å². The van der Waals surface area contributed by atoms with E-state index in [1.54, 1.807) is 18.2 Å². The number of amides is 1. The molecule has 0 aromatic heterocycles. The van der Waals surface area contributed by atoms with Crippen LogP contribution in [0.15, 0.2) is 24.3 Å². The zero-order chi connectivity index (χ0) is 15.9. The predicted octanol–water partition coefficient (Wildman–Crippen LogP) is 1.01.